The Morgan fingerprint density at radius 1 is 1.05 bits per heavy atom. The summed E-state index contributed by atoms with van der Waals surface area (Å²) in [7, 11) is -3.68. The van der Waals surface area contributed by atoms with Crippen LogP contribution in [0, 0.1) is 6.92 Å². The van der Waals surface area contributed by atoms with E-state index in [-0.39, 0.29) is 23.5 Å². The van der Waals surface area contributed by atoms with Crippen LogP contribution < -0.4 is 20.4 Å². The number of rotatable bonds is 6. The van der Waals surface area contributed by atoms with Crippen molar-refractivity contribution in [3.63, 3.8) is 0 Å². The first kappa shape index (κ1) is 25.5. The molecule has 9 heteroatoms. The van der Waals surface area contributed by atoms with Gasteiger partial charge in [0.2, 0.25) is 21.5 Å². The summed E-state index contributed by atoms with van der Waals surface area (Å²) < 4.78 is 39.7. The molecular weight excluding hydrogens is 490 g/mol. The quantitative estimate of drug-likeness (QED) is 0.474. The minimum absolute atomic E-state index is 0.0379. The molecule has 1 aliphatic heterocycles. The van der Waals surface area contributed by atoms with Crippen LogP contribution in [0.15, 0.2) is 50.8 Å². The number of nitrogens with zero attached hydrogens (tertiary/aromatic N) is 1. The van der Waals surface area contributed by atoms with E-state index in [1.165, 1.54) is 11.1 Å². The second kappa shape index (κ2) is 9.95. The Labute approximate surface area is 217 Å². The van der Waals surface area contributed by atoms with Gasteiger partial charge < -0.3 is 9.15 Å². The number of nitrogens with one attached hydrogen (secondary N) is 2. The van der Waals surface area contributed by atoms with Gasteiger partial charge >= 0.3 is 0 Å². The van der Waals surface area contributed by atoms with Crippen molar-refractivity contribution in [1.29, 1.82) is 0 Å². The molecular formula is C28H33N3O5S. The first-order valence-corrected chi connectivity index (χ1v) is 14.3. The Morgan fingerprint density at radius 2 is 1.78 bits per heavy atom. The molecule has 0 atom stereocenters. The summed E-state index contributed by atoms with van der Waals surface area (Å²) in [5.41, 5.74) is 7.82. The van der Waals surface area contributed by atoms with Crippen molar-refractivity contribution < 1.29 is 22.4 Å². The van der Waals surface area contributed by atoms with Crippen molar-refractivity contribution in [1.82, 2.24) is 10.1 Å². The van der Waals surface area contributed by atoms with Crippen LogP contribution in [0.3, 0.4) is 0 Å². The fourth-order valence-corrected chi connectivity index (χ4v) is 6.00. The van der Waals surface area contributed by atoms with Crippen LogP contribution in [-0.2, 0) is 34.1 Å². The van der Waals surface area contributed by atoms with Crippen LogP contribution in [-0.4, -0.2) is 26.5 Å². The van der Waals surface area contributed by atoms with Crippen LogP contribution in [0.25, 0.3) is 11.0 Å². The maximum atomic E-state index is 12.5. The molecule has 2 N–H and O–H groups in total. The van der Waals surface area contributed by atoms with E-state index in [2.05, 4.69) is 35.2 Å². The number of fused-ring (bicyclic) bond motifs is 4. The normalized spacial score (nSPS) is 17.1. The summed E-state index contributed by atoms with van der Waals surface area (Å²) in [6.45, 7) is 6.02. The lowest BCUT2D eigenvalue weighted by atomic mass is 9.88. The molecule has 0 saturated heterocycles. The minimum Gasteiger partial charge on any atom is -0.487 e. The Kier molecular flexibility index (Phi) is 6.85. The van der Waals surface area contributed by atoms with Crippen molar-refractivity contribution in [2.75, 3.05) is 6.54 Å². The zero-order valence-electron chi connectivity index (χ0n) is 21.5. The number of carbonyl (C=O) groups is 1. The summed E-state index contributed by atoms with van der Waals surface area (Å²) >= 11 is 0. The molecule has 2 aliphatic rings. The van der Waals surface area contributed by atoms with Gasteiger partial charge in [0.15, 0.2) is 0 Å². The Hall–Kier alpha value is -3.17. The van der Waals surface area contributed by atoms with Gasteiger partial charge in [0, 0.05) is 30.0 Å². The van der Waals surface area contributed by atoms with Crippen LogP contribution >= 0.6 is 0 Å². The van der Waals surface area contributed by atoms with Crippen molar-refractivity contribution in [3.05, 3.63) is 64.2 Å². The number of amides is 1. The molecule has 1 aliphatic carbocycles. The van der Waals surface area contributed by atoms with Gasteiger partial charge in [-0.15, -0.1) is 5.10 Å². The number of aryl methyl sites for hydroxylation is 3. The van der Waals surface area contributed by atoms with E-state index >= 15 is 0 Å². The predicted octanol–water partition coefficient (Wildman–Crippen LogP) is 4.02. The lowest BCUT2D eigenvalue weighted by Gasteiger charge is -2.33. The molecule has 0 fully saturated rings. The molecule has 0 unspecified atom stereocenters. The van der Waals surface area contributed by atoms with E-state index in [0.717, 1.165) is 60.8 Å². The summed E-state index contributed by atoms with van der Waals surface area (Å²) in [6, 6.07) is 10.7. The second-order valence-corrected chi connectivity index (χ2v) is 12.3. The number of hydrogen-bond donors (Lipinski definition) is 2. The van der Waals surface area contributed by atoms with Crippen LogP contribution in [0.2, 0.25) is 0 Å². The maximum absolute atomic E-state index is 12.5. The number of hydrogen-bond acceptors (Lipinski definition) is 6. The lowest BCUT2D eigenvalue weighted by Crippen LogP contribution is -2.32. The van der Waals surface area contributed by atoms with Gasteiger partial charge in [0.05, 0.1) is 4.90 Å². The fourth-order valence-electron chi connectivity index (χ4n) is 4.96. The molecule has 0 saturated carbocycles. The molecule has 37 heavy (non-hydrogen) atoms. The molecule has 0 bridgehead atoms. The van der Waals surface area contributed by atoms with E-state index in [0.29, 0.717) is 11.1 Å². The Morgan fingerprint density at radius 3 is 2.54 bits per heavy atom. The van der Waals surface area contributed by atoms with Gasteiger partial charge in [0.25, 0.3) is 0 Å². The standard InChI is InChI=1S/C28H33N3O5S/c1-18-8-10-20(11-9-18)37(33,34)29-15-13-26(32)30-31-27-22-7-5-4-6-21(22)23-16-19-12-14-28(2,3)36-24(19)17-25(23)35-27/h8-11,16-17,29H,4-7,12-15H2,1-3H3,(H,30,32). The molecule has 0 spiro atoms. The summed E-state index contributed by atoms with van der Waals surface area (Å²) in [5.74, 6) is 0.432. The third kappa shape index (κ3) is 5.57. The predicted molar refractivity (Wildman–Crippen MR) is 141 cm³/mol. The van der Waals surface area contributed by atoms with Crippen LogP contribution in [0.4, 0.5) is 0 Å². The van der Waals surface area contributed by atoms with Crippen LogP contribution in [0.5, 0.6) is 5.75 Å². The summed E-state index contributed by atoms with van der Waals surface area (Å²) in [4.78, 5) is 12.6. The third-order valence-electron chi connectivity index (χ3n) is 7.06. The van der Waals surface area contributed by atoms with Crippen molar-refractivity contribution in [2.24, 2.45) is 5.10 Å². The molecule has 3 aromatic rings. The van der Waals surface area contributed by atoms with Gasteiger partial charge in [0.1, 0.15) is 16.9 Å². The highest BCUT2D eigenvalue weighted by molar-refractivity contribution is 7.89. The van der Waals surface area contributed by atoms with Crippen LogP contribution in [0.1, 0.15) is 61.8 Å². The third-order valence-corrected chi connectivity index (χ3v) is 8.54. The van der Waals surface area contributed by atoms with Gasteiger partial charge in [-0.1, -0.05) is 17.7 Å². The molecule has 1 amide bonds. The number of sulfonamides is 1. The van der Waals surface area contributed by atoms with Crippen molar-refractivity contribution in [2.45, 2.75) is 76.2 Å². The molecule has 196 valence electrons. The monoisotopic (exact) mass is 523 g/mol. The van der Waals surface area contributed by atoms with Crippen molar-refractivity contribution in [3.8, 4) is 5.75 Å². The molecule has 0 radical (unpaired) electrons. The largest absolute Gasteiger partial charge is 0.487 e. The van der Waals surface area contributed by atoms with Gasteiger partial charge in [-0.05, 0) is 88.6 Å². The van der Waals surface area contributed by atoms with Crippen molar-refractivity contribution >= 4 is 26.9 Å². The zero-order valence-corrected chi connectivity index (χ0v) is 22.3. The average molecular weight is 524 g/mol. The SMILES string of the molecule is Cc1ccc(S(=O)(=O)NCCC(=O)NN=c2oc3cc4c(cc3c3c2CCCC3)CCC(C)(C)O4)cc1. The zero-order chi connectivity index (χ0) is 26.2. The smallest absolute Gasteiger partial charge is 0.241 e. The first-order valence-electron chi connectivity index (χ1n) is 12.8. The highest BCUT2D eigenvalue weighted by atomic mass is 32.2. The van der Waals surface area contributed by atoms with E-state index in [1.807, 2.05) is 13.0 Å². The molecule has 5 rings (SSSR count). The summed E-state index contributed by atoms with van der Waals surface area (Å²) in [5, 5.41) is 5.40. The summed E-state index contributed by atoms with van der Waals surface area (Å²) in [6.07, 6.45) is 5.77. The second-order valence-electron chi connectivity index (χ2n) is 10.5. The highest BCUT2D eigenvalue weighted by Gasteiger charge is 2.28. The van der Waals surface area contributed by atoms with E-state index < -0.39 is 15.9 Å². The minimum atomic E-state index is -3.68. The van der Waals surface area contributed by atoms with Gasteiger partial charge in [-0.3, -0.25) is 4.79 Å². The van der Waals surface area contributed by atoms with Gasteiger partial charge in [-0.2, -0.15) is 0 Å². The number of benzene rings is 2. The lowest BCUT2D eigenvalue weighted by molar-refractivity contribution is -0.121. The number of carbonyl (C=O) groups excluding carboxylic acids is 1. The van der Waals surface area contributed by atoms with Gasteiger partial charge in [-0.25, -0.2) is 18.6 Å². The van der Waals surface area contributed by atoms with E-state index in [9.17, 15) is 13.2 Å². The average Bonchev–Trinajstić information content (AvgIpc) is 2.86. The highest BCUT2D eigenvalue weighted by Crippen LogP contribution is 2.37. The first-order chi connectivity index (χ1) is 17.6. The van der Waals surface area contributed by atoms with E-state index in [1.54, 1.807) is 24.3 Å². The van der Waals surface area contributed by atoms with E-state index in [4.69, 9.17) is 9.15 Å². The molecule has 2 aromatic carbocycles. The maximum Gasteiger partial charge on any atom is 0.241 e. The topological polar surface area (TPSA) is 110 Å². The Bertz CT molecular complexity index is 1520. The molecule has 2 heterocycles. The Balaban J connectivity index is 1.34. The molecule has 8 nitrogen and oxygen atoms in total. The molecule has 1 aromatic heterocycles. The number of ether oxygens (including phenoxy) is 1. The fraction of sp³-hybridized carbons (Fsp3) is 0.429.